The molecule has 0 radical (unpaired) electrons. The summed E-state index contributed by atoms with van der Waals surface area (Å²) in [5.74, 6) is 1.44. The molecule has 2 heterocycles. The van der Waals surface area contributed by atoms with Crippen LogP contribution in [0.5, 0.6) is 0 Å². The van der Waals surface area contributed by atoms with Crippen LogP contribution in [0.3, 0.4) is 0 Å². The fraction of sp³-hybridized carbons (Fsp3) is 0.414. The molecule has 4 rings (SSSR count). The molecule has 1 aliphatic heterocycles. The van der Waals surface area contributed by atoms with Crippen LogP contribution < -0.4 is 0 Å². The van der Waals surface area contributed by atoms with Gasteiger partial charge in [-0.2, -0.15) is 0 Å². The number of aryl methyl sites for hydroxylation is 2. The third kappa shape index (κ3) is 5.93. The van der Waals surface area contributed by atoms with Gasteiger partial charge in [0.1, 0.15) is 0 Å². The molecule has 4 heteroatoms. The molecule has 0 unspecified atom stereocenters. The molecule has 3 nitrogen and oxygen atoms in total. The normalized spacial score (nSPS) is 18.7. The topological polar surface area (TPSA) is 23.6 Å². The Balaban J connectivity index is 1.57. The highest BCUT2D eigenvalue weighted by molar-refractivity contribution is 7.10. The lowest BCUT2D eigenvalue weighted by molar-refractivity contribution is 0.0703. The summed E-state index contributed by atoms with van der Waals surface area (Å²) in [7, 11) is 0. The summed E-state index contributed by atoms with van der Waals surface area (Å²) >= 11 is 1.85. The second-order valence-electron chi connectivity index (χ2n) is 9.97. The molecular weight excluding hydrogens is 424 g/mol. The summed E-state index contributed by atoms with van der Waals surface area (Å²) in [6.07, 6.45) is 0. The zero-order valence-corrected chi connectivity index (χ0v) is 21.1. The van der Waals surface area contributed by atoms with Crippen LogP contribution >= 0.6 is 11.3 Å². The minimum Gasteiger partial charge on any atom is -0.338 e. The van der Waals surface area contributed by atoms with Gasteiger partial charge in [0, 0.05) is 49.1 Å². The Hall–Kier alpha value is -2.43. The van der Waals surface area contributed by atoms with Crippen molar-refractivity contribution < 1.29 is 4.79 Å². The molecule has 0 aliphatic carbocycles. The first-order valence-corrected chi connectivity index (χ1v) is 12.9. The molecular formula is C29H36N2OS. The van der Waals surface area contributed by atoms with Crippen LogP contribution in [0.1, 0.15) is 51.7 Å². The van der Waals surface area contributed by atoms with E-state index in [0.29, 0.717) is 17.8 Å². The first-order chi connectivity index (χ1) is 15.9. The third-order valence-electron chi connectivity index (χ3n) is 6.71. The van der Waals surface area contributed by atoms with Crippen molar-refractivity contribution in [3.63, 3.8) is 0 Å². The number of rotatable bonds is 8. The van der Waals surface area contributed by atoms with Crippen molar-refractivity contribution in [1.29, 1.82) is 0 Å². The Labute approximate surface area is 203 Å². The van der Waals surface area contributed by atoms with Gasteiger partial charge in [0.25, 0.3) is 5.91 Å². The van der Waals surface area contributed by atoms with E-state index in [2.05, 4.69) is 79.3 Å². The van der Waals surface area contributed by atoms with Gasteiger partial charge in [0.05, 0.1) is 0 Å². The molecule has 0 bridgehead atoms. The molecule has 2 aromatic carbocycles. The second-order valence-corrected chi connectivity index (χ2v) is 11.0. The van der Waals surface area contributed by atoms with E-state index >= 15 is 0 Å². The predicted octanol–water partition coefficient (Wildman–Crippen LogP) is 6.38. The van der Waals surface area contributed by atoms with Crippen LogP contribution in [0.2, 0.25) is 0 Å². The standard InChI is InChI=1S/C29H36N2OS/c1-21(2)16-31(29(32)25-12-10-22(3)11-13-25)18-26-17-30(20-28-23(4)14-15-33-28)19-27(26)24-8-6-5-7-9-24/h5-15,21,26-27H,16-20H2,1-4H3/t26-,27-/m1/s1. The lowest BCUT2D eigenvalue weighted by Gasteiger charge is -2.30. The zero-order valence-electron chi connectivity index (χ0n) is 20.3. The average molecular weight is 461 g/mol. The van der Waals surface area contributed by atoms with Crippen LogP contribution in [0, 0.1) is 25.7 Å². The van der Waals surface area contributed by atoms with Gasteiger partial charge in [-0.3, -0.25) is 9.69 Å². The zero-order chi connectivity index (χ0) is 23.4. The molecule has 1 fully saturated rings. The van der Waals surface area contributed by atoms with Gasteiger partial charge in [-0.05, 0) is 60.4 Å². The van der Waals surface area contributed by atoms with Gasteiger partial charge in [-0.1, -0.05) is 61.9 Å². The molecule has 3 aromatic rings. The van der Waals surface area contributed by atoms with E-state index in [4.69, 9.17) is 0 Å². The maximum absolute atomic E-state index is 13.5. The highest BCUT2D eigenvalue weighted by atomic mass is 32.1. The third-order valence-corrected chi connectivity index (χ3v) is 7.71. The van der Waals surface area contributed by atoms with E-state index in [9.17, 15) is 4.79 Å². The van der Waals surface area contributed by atoms with Crippen molar-refractivity contribution in [2.24, 2.45) is 11.8 Å². The van der Waals surface area contributed by atoms with Crippen LogP contribution in [0.15, 0.2) is 66.0 Å². The quantitative estimate of drug-likeness (QED) is 0.389. The lowest BCUT2D eigenvalue weighted by Crippen LogP contribution is -2.39. The van der Waals surface area contributed by atoms with Crippen molar-refractivity contribution >= 4 is 17.2 Å². The number of carbonyl (C=O) groups excluding carboxylic acids is 1. The summed E-state index contributed by atoms with van der Waals surface area (Å²) < 4.78 is 0. The molecule has 1 saturated heterocycles. The summed E-state index contributed by atoms with van der Waals surface area (Å²) in [5, 5.41) is 2.19. The number of amides is 1. The van der Waals surface area contributed by atoms with E-state index in [0.717, 1.165) is 38.3 Å². The van der Waals surface area contributed by atoms with Crippen LogP contribution in [-0.4, -0.2) is 41.9 Å². The number of carbonyl (C=O) groups is 1. The molecule has 174 valence electrons. The second kappa shape index (κ2) is 10.7. The van der Waals surface area contributed by atoms with Crippen LogP contribution in [0.4, 0.5) is 0 Å². The van der Waals surface area contributed by atoms with E-state index in [1.54, 1.807) is 0 Å². The molecule has 1 aromatic heterocycles. The van der Waals surface area contributed by atoms with Crippen LogP contribution in [0.25, 0.3) is 0 Å². The van der Waals surface area contributed by atoms with Gasteiger partial charge >= 0.3 is 0 Å². The van der Waals surface area contributed by atoms with Gasteiger partial charge in [0.15, 0.2) is 0 Å². The molecule has 0 spiro atoms. The van der Waals surface area contributed by atoms with Crippen molar-refractivity contribution in [2.75, 3.05) is 26.2 Å². The fourth-order valence-electron chi connectivity index (χ4n) is 4.96. The summed E-state index contributed by atoms with van der Waals surface area (Å²) in [5.41, 5.74) is 4.75. The smallest absolute Gasteiger partial charge is 0.253 e. The van der Waals surface area contributed by atoms with Gasteiger partial charge in [-0.15, -0.1) is 11.3 Å². The Morgan fingerprint density at radius 2 is 1.76 bits per heavy atom. The van der Waals surface area contributed by atoms with Gasteiger partial charge in [0.2, 0.25) is 0 Å². The summed E-state index contributed by atoms with van der Waals surface area (Å²) in [4.78, 5) is 19.7. The number of hydrogen-bond acceptors (Lipinski definition) is 3. The maximum Gasteiger partial charge on any atom is 0.253 e. The predicted molar refractivity (Wildman–Crippen MR) is 139 cm³/mol. The highest BCUT2D eigenvalue weighted by Gasteiger charge is 2.36. The van der Waals surface area contributed by atoms with Crippen molar-refractivity contribution in [2.45, 2.75) is 40.2 Å². The first-order valence-electron chi connectivity index (χ1n) is 12.1. The van der Waals surface area contributed by atoms with Crippen LogP contribution in [-0.2, 0) is 6.54 Å². The Morgan fingerprint density at radius 3 is 2.39 bits per heavy atom. The number of nitrogens with zero attached hydrogens (tertiary/aromatic N) is 2. The van der Waals surface area contributed by atoms with E-state index in [1.807, 2.05) is 35.6 Å². The van der Waals surface area contributed by atoms with Gasteiger partial charge in [-0.25, -0.2) is 0 Å². The average Bonchev–Trinajstić information content (AvgIpc) is 3.39. The van der Waals surface area contributed by atoms with E-state index in [-0.39, 0.29) is 5.91 Å². The molecule has 0 saturated carbocycles. The minimum atomic E-state index is 0.156. The SMILES string of the molecule is Cc1ccc(C(=O)N(CC(C)C)C[C@H]2CN(Cc3sccc3C)C[C@@H]2c2ccccc2)cc1. The Bertz CT molecular complexity index is 1040. The number of thiophene rings is 1. The minimum absolute atomic E-state index is 0.156. The molecule has 0 N–H and O–H groups in total. The first kappa shape index (κ1) is 23.7. The molecule has 2 atom stereocenters. The van der Waals surface area contributed by atoms with Crippen molar-refractivity contribution in [3.05, 3.63) is 93.2 Å². The van der Waals surface area contributed by atoms with Crippen molar-refractivity contribution in [3.8, 4) is 0 Å². The largest absolute Gasteiger partial charge is 0.338 e. The molecule has 1 aliphatic rings. The molecule has 33 heavy (non-hydrogen) atoms. The summed E-state index contributed by atoms with van der Waals surface area (Å²) in [6, 6.07) is 21.1. The molecule has 1 amide bonds. The number of hydrogen-bond donors (Lipinski definition) is 0. The summed E-state index contributed by atoms with van der Waals surface area (Å²) in [6.45, 7) is 13.3. The lowest BCUT2D eigenvalue weighted by atomic mass is 9.88. The van der Waals surface area contributed by atoms with Gasteiger partial charge < -0.3 is 4.90 Å². The highest BCUT2D eigenvalue weighted by Crippen LogP contribution is 2.35. The number of likely N-dealkylation sites (tertiary alicyclic amines) is 1. The Kier molecular flexibility index (Phi) is 7.67. The monoisotopic (exact) mass is 460 g/mol. The number of benzene rings is 2. The maximum atomic E-state index is 13.5. The fourth-order valence-corrected chi connectivity index (χ4v) is 5.91. The Morgan fingerprint density at radius 1 is 1.03 bits per heavy atom. The van der Waals surface area contributed by atoms with E-state index in [1.165, 1.54) is 21.6 Å². The van der Waals surface area contributed by atoms with Crippen molar-refractivity contribution in [1.82, 2.24) is 9.80 Å². The van der Waals surface area contributed by atoms with E-state index < -0.39 is 0 Å².